The predicted octanol–water partition coefficient (Wildman–Crippen LogP) is 5.65. The molecule has 5 rings (SSSR count). The van der Waals surface area contributed by atoms with E-state index >= 15 is 0 Å². The van der Waals surface area contributed by atoms with Crippen LogP contribution in [0.3, 0.4) is 0 Å². The summed E-state index contributed by atoms with van der Waals surface area (Å²) in [5.41, 5.74) is 7.38. The maximum absolute atomic E-state index is 13.0. The highest BCUT2D eigenvalue weighted by molar-refractivity contribution is 6.32. The molecule has 2 aromatic carbocycles. The normalized spacial score (nSPS) is 19.8. The van der Waals surface area contributed by atoms with E-state index < -0.39 is 5.91 Å². The van der Waals surface area contributed by atoms with Crippen molar-refractivity contribution in [1.29, 1.82) is 0 Å². The van der Waals surface area contributed by atoms with E-state index in [2.05, 4.69) is 4.98 Å². The van der Waals surface area contributed by atoms with Crippen molar-refractivity contribution in [2.75, 3.05) is 18.1 Å². The van der Waals surface area contributed by atoms with Gasteiger partial charge in [-0.15, -0.1) is 0 Å². The minimum Gasteiger partial charge on any atom is -0.454 e. The predicted molar refractivity (Wildman–Crippen MR) is 133 cm³/mol. The van der Waals surface area contributed by atoms with Gasteiger partial charge in [0, 0.05) is 31.1 Å². The van der Waals surface area contributed by atoms with E-state index in [-0.39, 0.29) is 24.3 Å². The largest absolute Gasteiger partial charge is 0.454 e. The van der Waals surface area contributed by atoms with Gasteiger partial charge >= 0.3 is 0 Å². The molecule has 9 heteroatoms. The van der Waals surface area contributed by atoms with Gasteiger partial charge in [-0.3, -0.25) is 14.5 Å². The smallest absolute Gasteiger partial charge is 0.248 e. The van der Waals surface area contributed by atoms with E-state index in [0.717, 1.165) is 18.4 Å². The number of nitrogens with two attached hydrogens (primary N) is 1. The Labute approximate surface area is 212 Å². The number of primary amides is 1. The number of halogens is 2. The van der Waals surface area contributed by atoms with Crippen LogP contribution in [0, 0.1) is 0 Å². The molecule has 1 aromatic heterocycles. The quantitative estimate of drug-likeness (QED) is 0.461. The third-order valence-corrected chi connectivity index (χ3v) is 6.89. The summed E-state index contributed by atoms with van der Waals surface area (Å²) in [6, 6.07) is 15.8. The molecule has 180 valence electrons. The highest BCUT2D eigenvalue weighted by Crippen LogP contribution is 2.39. The molecule has 2 amide bonds. The van der Waals surface area contributed by atoms with Gasteiger partial charge in [-0.25, -0.2) is 4.98 Å². The van der Waals surface area contributed by atoms with Crippen molar-refractivity contribution >= 4 is 40.8 Å². The lowest BCUT2D eigenvalue weighted by Crippen LogP contribution is -2.27. The zero-order chi connectivity index (χ0) is 24.5. The van der Waals surface area contributed by atoms with Crippen molar-refractivity contribution in [3.05, 3.63) is 81.5 Å². The second-order valence-corrected chi connectivity index (χ2v) is 9.45. The van der Waals surface area contributed by atoms with Crippen molar-refractivity contribution in [2.45, 2.75) is 31.3 Å². The van der Waals surface area contributed by atoms with Crippen LogP contribution < -0.4 is 15.4 Å². The zero-order valence-electron chi connectivity index (χ0n) is 18.7. The number of carbonyl (C=O) groups excluding carboxylic acids is 2. The fraction of sp³-hybridized carbons (Fsp3) is 0.269. The highest BCUT2D eigenvalue weighted by Gasteiger charge is 2.34. The number of hydrogen-bond donors (Lipinski definition) is 1. The van der Waals surface area contributed by atoms with E-state index in [1.807, 2.05) is 24.3 Å². The third-order valence-electron chi connectivity index (χ3n) is 6.26. The first-order chi connectivity index (χ1) is 16.9. The van der Waals surface area contributed by atoms with Gasteiger partial charge in [0.1, 0.15) is 17.3 Å². The van der Waals surface area contributed by atoms with Crippen molar-refractivity contribution in [3.63, 3.8) is 0 Å². The van der Waals surface area contributed by atoms with Crippen LogP contribution in [-0.2, 0) is 9.53 Å². The van der Waals surface area contributed by atoms with E-state index in [1.165, 1.54) is 0 Å². The molecule has 0 spiro atoms. The molecule has 7 nitrogen and oxygen atoms in total. The molecule has 0 bridgehead atoms. The van der Waals surface area contributed by atoms with Gasteiger partial charge in [0.2, 0.25) is 11.8 Å². The number of aromatic nitrogens is 1. The molecule has 3 heterocycles. The molecule has 35 heavy (non-hydrogen) atoms. The molecule has 2 saturated heterocycles. The summed E-state index contributed by atoms with van der Waals surface area (Å²) in [6.07, 6.45) is 1.81. The monoisotopic (exact) mass is 511 g/mol. The topological polar surface area (TPSA) is 94.8 Å². The standard InChI is InChI=1S/C26H23Cl2N3O4/c27-18-4-1-2-5-21(18)35-23-11-15(7-8-19(23)28)17-13-25(32)31(14-17)24-12-16(26(29)33)10-20(30-24)22-6-3-9-34-22/h1-2,4-5,7-8,10-12,17,22H,3,6,9,13-14H2,(H2,29,33)/t17-,22?/m0/s1. The van der Waals surface area contributed by atoms with Crippen LogP contribution in [0.5, 0.6) is 11.5 Å². The summed E-state index contributed by atoms with van der Waals surface area (Å²) >= 11 is 12.6. The summed E-state index contributed by atoms with van der Waals surface area (Å²) in [5.74, 6) is 0.574. The molecular weight excluding hydrogens is 489 g/mol. The summed E-state index contributed by atoms with van der Waals surface area (Å²) in [6.45, 7) is 1.04. The van der Waals surface area contributed by atoms with Crippen LogP contribution in [0.15, 0.2) is 54.6 Å². The average molecular weight is 512 g/mol. The molecule has 1 unspecified atom stereocenters. The number of amides is 2. The number of rotatable bonds is 6. The Kier molecular flexibility index (Phi) is 6.65. The van der Waals surface area contributed by atoms with Crippen molar-refractivity contribution in [3.8, 4) is 11.5 Å². The second-order valence-electron chi connectivity index (χ2n) is 8.63. The third kappa shape index (κ3) is 4.98. The second kappa shape index (κ2) is 9.85. The maximum Gasteiger partial charge on any atom is 0.248 e. The minimum absolute atomic E-state index is 0.0917. The number of benzene rings is 2. The van der Waals surface area contributed by atoms with E-state index in [1.54, 1.807) is 35.2 Å². The van der Waals surface area contributed by atoms with Crippen molar-refractivity contribution in [1.82, 2.24) is 4.98 Å². The van der Waals surface area contributed by atoms with Gasteiger partial charge in [0.25, 0.3) is 0 Å². The SMILES string of the molecule is NC(=O)c1cc(C2CCCO2)nc(N2C[C@@H](c3ccc(Cl)c(Oc4ccccc4Cl)c3)CC2=O)c1. The molecule has 3 aromatic rings. The van der Waals surface area contributed by atoms with E-state index in [4.69, 9.17) is 38.4 Å². The lowest BCUT2D eigenvalue weighted by molar-refractivity contribution is -0.117. The van der Waals surface area contributed by atoms with Crippen LogP contribution in [0.4, 0.5) is 5.82 Å². The Bertz CT molecular complexity index is 1290. The Morgan fingerprint density at radius 2 is 1.89 bits per heavy atom. The van der Waals surface area contributed by atoms with Gasteiger partial charge < -0.3 is 15.2 Å². The molecular formula is C26H23Cl2N3O4. The molecule has 0 aliphatic carbocycles. The van der Waals surface area contributed by atoms with Crippen molar-refractivity contribution in [2.24, 2.45) is 5.73 Å². The molecule has 2 aliphatic heterocycles. The summed E-state index contributed by atoms with van der Waals surface area (Å²) < 4.78 is 11.7. The average Bonchev–Trinajstić information content (AvgIpc) is 3.52. The Balaban J connectivity index is 1.41. The summed E-state index contributed by atoms with van der Waals surface area (Å²) in [7, 11) is 0. The first-order valence-electron chi connectivity index (χ1n) is 11.3. The van der Waals surface area contributed by atoms with Crippen LogP contribution in [0.1, 0.15) is 52.9 Å². The highest BCUT2D eigenvalue weighted by atomic mass is 35.5. The molecule has 2 aliphatic rings. The van der Waals surface area contributed by atoms with Crippen LogP contribution in [0.2, 0.25) is 10.0 Å². The van der Waals surface area contributed by atoms with Crippen molar-refractivity contribution < 1.29 is 19.1 Å². The van der Waals surface area contributed by atoms with E-state index in [0.29, 0.717) is 51.8 Å². The van der Waals surface area contributed by atoms with Gasteiger partial charge in [0.15, 0.2) is 0 Å². The fourth-order valence-corrected chi connectivity index (χ4v) is 4.77. The molecule has 0 saturated carbocycles. The number of carbonyl (C=O) groups is 2. The molecule has 2 atom stereocenters. The first-order valence-corrected chi connectivity index (χ1v) is 12.1. The number of hydrogen-bond acceptors (Lipinski definition) is 5. The molecule has 2 N–H and O–H groups in total. The zero-order valence-corrected chi connectivity index (χ0v) is 20.3. The summed E-state index contributed by atoms with van der Waals surface area (Å²) in [5, 5.41) is 0.908. The number of nitrogens with zero attached hydrogens (tertiary/aromatic N) is 2. The van der Waals surface area contributed by atoms with Gasteiger partial charge in [-0.2, -0.15) is 0 Å². The molecule has 0 radical (unpaired) electrons. The van der Waals surface area contributed by atoms with Crippen LogP contribution in [-0.4, -0.2) is 29.9 Å². The van der Waals surface area contributed by atoms with Crippen LogP contribution in [0.25, 0.3) is 0 Å². The van der Waals surface area contributed by atoms with Gasteiger partial charge in [0.05, 0.1) is 21.8 Å². The van der Waals surface area contributed by atoms with Gasteiger partial charge in [-0.05, 0) is 54.8 Å². The lowest BCUT2D eigenvalue weighted by Gasteiger charge is -2.19. The Morgan fingerprint density at radius 3 is 2.63 bits per heavy atom. The number of anilines is 1. The van der Waals surface area contributed by atoms with Gasteiger partial charge in [-0.1, -0.05) is 41.4 Å². The fourth-order valence-electron chi connectivity index (χ4n) is 4.44. The van der Waals surface area contributed by atoms with E-state index in [9.17, 15) is 9.59 Å². The first kappa shape index (κ1) is 23.6. The van der Waals surface area contributed by atoms with Crippen LogP contribution >= 0.6 is 23.2 Å². The lowest BCUT2D eigenvalue weighted by atomic mass is 9.98. The maximum atomic E-state index is 13.0. The Morgan fingerprint density at radius 1 is 1.09 bits per heavy atom. The number of para-hydroxylation sites is 1. The summed E-state index contributed by atoms with van der Waals surface area (Å²) in [4.78, 5) is 31.2. The number of pyridine rings is 1. The number of ether oxygens (including phenoxy) is 2. The minimum atomic E-state index is -0.574. The Hall–Kier alpha value is -3.13. The molecule has 2 fully saturated rings.